The van der Waals surface area contributed by atoms with Crippen LogP contribution in [0.2, 0.25) is 0 Å². The summed E-state index contributed by atoms with van der Waals surface area (Å²) in [6.45, 7) is 0. The topological polar surface area (TPSA) is 94.9 Å². The standard InChI is InChI=1S/C11H19N5O2/c1-15-10(17)9(14-16(2)11(15)18)13-8-6-4-3-5-7(8)12/h7-8H,3-6,12H2,1-2H3,(H,13,14)/t7?,8-/m1/s1. The van der Waals surface area contributed by atoms with Crippen molar-refractivity contribution in [1.29, 1.82) is 0 Å². The molecular weight excluding hydrogens is 234 g/mol. The van der Waals surface area contributed by atoms with Gasteiger partial charge in [0.1, 0.15) is 0 Å². The number of anilines is 1. The molecule has 3 N–H and O–H groups in total. The molecule has 2 atom stereocenters. The van der Waals surface area contributed by atoms with E-state index in [0.29, 0.717) is 0 Å². The first-order valence-corrected chi connectivity index (χ1v) is 6.17. The number of nitrogens with two attached hydrogens (primary N) is 1. The zero-order valence-corrected chi connectivity index (χ0v) is 10.7. The molecular formula is C11H19N5O2. The van der Waals surface area contributed by atoms with E-state index < -0.39 is 11.2 Å². The molecule has 0 amide bonds. The zero-order valence-electron chi connectivity index (χ0n) is 10.7. The van der Waals surface area contributed by atoms with Crippen molar-refractivity contribution in [2.75, 3.05) is 5.32 Å². The molecule has 1 heterocycles. The van der Waals surface area contributed by atoms with Gasteiger partial charge in [-0.2, -0.15) is 0 Å². The van der Waals surface area contributed by atoms with Crippen LogP contribution in [0, 0.1) is 0 Å². The van der Waals surface area contributed by atoms with E-state index in [0.717, 1.165) is 34.9 Å². The monoisotopic (exact) mass is 253 g/mol. The Balaban J connectivity index is 2.29. The molecule has 1 aliphatic rings. The van der Waals surface area contributed by atoms with Crippen LogP contribution in [-0.2, 0) is 14.1 Å². The van der Waals surface area contributed by atoms with E-state index >= 15 is 0 Å². The third kappa shape index (κ3) is 2.31. The minimum Gasteiger partial charge on any atom is -0.360 e. The lowest BCUT2D eigenvalue weighted by Crippen LogP contribution is -2.46. The quantitative estimate of drug-likeness (QED) is 0.716. The Labute approximate surface area is 105 Å². The number of aryl methyl sites for hydroxylation is 1. The fraction of sp³-hybridized carbons (Fsp3) is 0.727. The number of aromatic nitrogens is 3. The Bertz CT molecular complexity index is 547. The first-order valence-electron chi connectivity index (χ1n) is 6.17. The van der Waals surface area contributed by atoms with Crippen LogP contribution in [0.1, 0.15) is 25.7 Å². The third-order valence-corrected chi connectivity index (χ3v) is 3.46. The Morgan fingerprint density at radius 3 is 2.61 bits per heavy atom. The second-order valence-corrected chi connectivity index (χ2v) is 4.82. The minimum atomic E-state index is -0.432. The van der Waals surface area contributed by atoms with Gasteiger partial charge in [-0.05, 0) is 12.8 Å². The van der Waals surface area contributed by atoms with Crippen molar-refractivity contribution in [2.45, 2.75) is 37.8 Å². The van der Waals surface area contributed by atoms with Crippen molar-refractivity contribution < 1.29 is 0 Å². The lowest BCUT2D eigenvalue weighted by atomic mass is 9.91. The van der Waals surface area contributed by atoms with E-state index in [1.54, 1.807) is 0 Å². The minimum absolute atomic E-state index is 0.0301. The molecule has 0 radical (unpaired) electrons. The largest absolute Gasteiger partial charge is 0.360 e. The summed E-state index contributed by atoms with van der Waals surface area (Å²) in [5, 5.41) is 7.04. The lowest BCUT2D eigenvalue weighted by Gasteiger charge is -2.29. The highest BCUT2D eigenvalue weighted by atomic mass is 16.2. The van der Waals surface area contributed by atoms with Crippen molar-refractivity contribution in [1.82, 2.24) is 14.3 Å². The van der Waals surface area contributed by atoms with Gasteiger partial charge < -0.3 is 11.1 Å². The number of hydrogen-bond acceptors (Lipinski definition) is 5. The molecule has 1 unspecified atom stereocenters. The smallest absolute Gasteiger partial charge is 0.346 e. The molecule has 7 nitrogen and oxygen atoms in total. The predicted molar refractivity (Wildman–Crippen MR) is 68.6 cm³/mol. The molecule has 2 rings (SSSR count). The van der Waals surface area contributed by atoms with E-state index in [9.17, 15) is 9.59 Å². The third-order valence-electron chi connectivity index (χ3n) is 3.46. The van der Waals surface area contributed by atoms with E-state index in [1.807, 2.05) is 0 Å². The summed E-state index contributed by atoms with van der Waals surface area (Å²) in [6, 6.07) is 0.0824. The molecule has 0 spiro atoms. The van der Waals surface area contributed by atoms with Crippen LogP contribution < -0.4 is 22.3 Å². The first kappa shape index (κ1) is 12.8. The van der Waals surface area contributed by atoms with Gasteiger partial charge in [-0.25, -0.2) is 9.48 Å². The highest BCUT2D eigenvalue weighted by Gasteiger charge is 2.23. The average Bonchev–Trinajstić information content (AvgIpc) is 2.36. The Morgan fingerprint density at radius 2 is 1.94 bits per heavy atom. The SMILES string of the molecule is Cn1nc(N[C@@H]2CCCCC2N)c(=O)n(C)c1=O. The maximum atomic E-state index is 11.9. The molecule has 7 heteroatoms. The molecule has 1 aliphatic carbocycles. The van der Waals surface area contributed by atoms with Crippen LogP contribution in [0.3, 0.4) is 0 Å². The Hall–Kier alpha value is -1.63. The molecule has 0 saturated heterocycles. The second-order valence-electron chi connectivity index (χ2n) is 4.82. The van der Waals surface area contributed by atoms with Gasteiger partial charge in [0, 0.05) is 26.2 Å². The fourth-order valence-corrected chi connectivity index (χ4v) is 2.30. The van der Waals surface area contributed by atoms with Gasteiger partial charge in [0.2, 0.25) is 5.82 Å². The molecule has 1 saturated carbocycles. The molecule has 0 bridgehead atoms. The molecule has 1 aromatic heterocycles. The van der Waals surface area contributed by atoms with Crippen molar-refractivity contribution in [3.63, 3.8) is 0 Å². The highest BCUT2D eigenvalue weighted by molar-refractivity contribution is 5.32. The highest BCUT2D eigenvalue weighted by Crippen LogP contribution is 2.18. The van der Waals surface area contributed by atoms with Gasteiger partial charge in [0.05, 0.1) is 0 Å². The molecule has 1 fully saturated rings. The molecule has 0 aliphatic heterocycles. The summed E-state index contributed by atoms with van der Waals surface area (Å²) in [4.78, 5) is 23.4. The summed E-state index contributed by atoms with van der Waals surface area (Å²) >= 11 is 0. The Morgan fingerprint density at radius 1 is 1.28 bits per heavy atom. The molecule has 100 valence electrons. The van der Waals surface area contributed by atoms with Crippen LogP contribution in [-0.4, -0.2) is 26.4 Å². The van der Waals surface area contributed by atoms with Gasteiger partial charge >= 0.3 is 5.69 Å². The first-order chi connectivity index (χ1) is 8.50. The Kier molecular flexibility index (Phi) is 3.51. The molecule has 0 aromatic carbocycles. The summed E-state index contributed by atoms with van der Waals surface area (Å²) in [6.07, 6.45) is 4.09. The average molecular weight is 253 g/mol. The van der Waals surface area contributed by atoms with Crippen molar-refractivity contribution >= 4 is 5.82 Å². The maximum absolute atomic E-state index is 11.9. The number of rotatable bonds is 2. The van der Waals surface area contributed by atoms with Gasteiger partial charge in [0.25, 0.3) is 5.56 Å². The lowest BCUT2D eigenvalue weighted by molar-refractivity contribution is 0.401. The summed E-state index contributed by atoms with van der Waals surface area (Å²) in [5.41, 5.74) is 5.18. The van der Waals surface area contributed by atoms with E-state index in [4.69, 9.17) is 5.73 Å². The van der Waals surface area contributed by atoms with Gasteiger partial charge in [-0.1, -0.05) is 12.8 Å². The van der Waals surface area contributed by atoms with Crippen molar-refractivity contribution in [3.8, 4) is 0 Å². The van der Waals surface area contributed by atoms with Crippen molar-refractivity contribution in [3.05, 3.63) is 20.8 Å². The van der Waals surface area contributed by atoms with Crippen LogP contribution >= 0.6 is 0 Å². The predicted octanol–water partition coefficient (Wildman–Crippen LogP) is -0.839. The van der Waals surface area contributed by atoms with Crippen LogP contribution in [0.5, 0.6) is 0 Å². The second kappa shape index (κ2) is 4.93. The van der Waals surface area contributed by atoms with Crippen molar-refractivity contribution in [2.24, 2.45) is 19.8 Å². The summed E-state index contributed by atoms with van der Waals surface area (Å²) in [5.74, 6) is 0.196. The van der Waals surface area contributed by atoms with Gasteiger partial charge in [0.15, 0.2) is 0 Å². The van der Waals surface area contributed by atoms with Gasteiger partial charge in [-0.15, -0.1) is 5.10 Å². The molecule has 1 aromatic rings. The molecule has 18 heavy (non-hydrogen) atoms. The van der Waals surface area contributed by atoms with E-state index in [1.165, 1.54) is 14.1 Å². The van der Waals surface area contributed by atoms with E-state index in [-0.39, 0.29) is 17.9 Å². The van der Waals surface area contributed by atoms with Crippen LogP contribution in [0.4, 0.5) is 5.82 Å². The zero-order chi connectivity index (χ0) is 13.3. The fourth-order valence-electron chi connectivity index (χ4n) is 2.30. The normalized spacial score (nSPS) is 23.9. The van der Waals surface area contributed by atoms with Crippen LogP contribution in [0.15, 0.2) is 9.59 Å². The summed E-state index contributed by atoms with van der Waals surface area (Å²) in [7, 11) is 2.96. The van der Waals surface area contributed by atoms with Crippen LogP contribution in [0.25, 0.3) is 0 Å². The number of hydrogen-bond donors (Lipinski definition) is 2. The number of nitrogens with one attached hydrogen (secondary N) is 1. The number of nitrogens with zero attached hydrogens (tertiary/aromatic N) is 3. The summed E-state index contributed by atoms with van der Waals surface area (Å²) < 4.78 is 2.20. The van der Waals surface area contributed by atoms with E-state index in [2.05, 4.69) is 10.4 Å². The maximum Gasteiger partial charge on any atom is 0.346 e. The van der Waals surface area contributed by atoms with Gasteiger partial charge in [-0.3, -0.25) is 9.36 Å².